The molecule has 1 heterocycles. The third-order valence-corrected chi connectivity index (χ3v) is 3.60. The monoisotopic (exact) mass is 263 g/mol. The topological polar surface area (TPSA) is 68.1 Å². The fraction of sp³-hybridized carbons (Fsp3) is 0.250. The van der Waals surface area contributed by atoms with Gasteiger partial charge in [-0.25, -0.2) is 4.98 Å². The highest BCUT2D eigenvalue weighted by molar-refractivity contribution is 7.15. The van der Waals surface area contributed by atoms with Crippen molar-refractivity contribution >= 4 is 17.0 Å². The molecule has 0 aliphatic heterocycles. The molecule has 1 aromatic heterocycles. The summed E-state index contributed by atoms with van der Waals surface area (Å²) in [4.78, 5) is 15.8. The summed E-state index contributed by atoms with van der Waals surface area (Å²) in [5, 5.41) is 14.7. The molecule has 0 unspecified atom stereocenters. The van der Waals surface area contributed by atoms with Gasteiger partial charge < -0.3 is 5.32 Å². The highest BCUT2D eigenvalue weighted by Crippen LogP contribution is 2.30. The van der Waals surface area contributed by atoms with Crippen molar-refractivity contribution in [2.45, 2.75) is 13.5 Å². The lowest BCUT2D eigenvalue weighted by atomic mass is 10.1. The Hall–Kier alpha value is -1.79. The third-order valence-electron chi connectivity index (χ3n) is 2.57. The summed E-state index contributed by atoms with van der Waals surface area (Å²) in [6, 6.07) is 4.85. The Morgan fingerprint density at radius 2 is 2.28 bits per heavy atom. The van der Waals surface area contributed by atoms with Crippen LogP contribution in [0.25, 0.3) is 10.6 Å². The van der Waals surface area contributed by atoms with E-state index in [4.69, 9.17) is 0 Å². The molecule has 0 saturated heterocycles. The number of rotatable bonds is 4. The number of thiazole rings is 1. The van der Waals surface area contributed by atoms with Gasteiger partial charge in [-0.2, -0.15) is 0 Å². The first kappa shape index (κ1) is 12.7. The first-order valence-electron chi connectivity index (χ1n) is 5.46. The van der Waals surface area contributed by atoms with Gasteiger partial charge in [0.1, 0.15) is 5.01 Å². The lowest BCUT2D eigenvalue weighted by Crippen LogP contribution is -2.02. The van der Waals surface area contributed by atoms with Crippen LogP contribution in [0.2, 0.25) is 0 Å². The van der Waals surface area contributed by atoms with Crippen LogP contribution in [-0.4, -0.2) is 17.0 Å². The number of non-ortho nitro benzene ring substituents is 1. The maximum Gasteiger partial charge on any atom is 0.270 e. The quantitative estimate of drug-likeness (QED) is 0.680. The standard InChI is InChI=1S/C12H13N3O2S/c1-8-3-4-9(15(16)17)5-11(8)12-14-7-10(18-12)6-13-2/h3-5,7,13H,6H2,1-2H3. The van der Waals surface area contributed by atoms with E-state index in [1.165, 1.54) is 6.07 Å². The van der Waals surface area contributed by atoms with Crippen LogP contribution in [0.5, 0.6) is 0 Å². The molecule has 0 fully saturated rings. The molecule has 1 aromatic carbocycles. The summed E-state index contributed by atoms with van der Waals surface area (Å²) in [5.74, 6) is 0. The van der Waals surface area contributed by atoms with Crippen molar-refractivity contribution < 1.29 is 4.92 Å². The van der Waals surface area contributed by atoms with Crippen molar-refractivity contribution in [2.24, 2.45) is 0 Å². The van der Waals surface area contributed by atoms with Gasteiger partial charge in [0.2, 0.25) is 0 Å². The fourth-order valence-corrected chi connectivity index (χ4v) is 2.65. The smallest absolute Gasteiger partial charge is 0.270 e. The maximum atomic E-state index is 10.8. The van der Waals surface area contributed by atoms with E-state index in [0.29, 0.717) is 0 Å². The Labute approximate surface area is 109 Å². The molecule has 0 radical (unpaired) electrons. The second-order valence-electron chi connectivity index (χ2n) is 3.92. The van der Waals surface area contributed by atoms with Crippen molar-refractivity contribution in [1.82, 2.24) is 10.3 Å². The first-order chi connectivity index (χ1) is 8.61. The zero-order chi connectivity index (χ0) is 13.1. The van der Waals surface area contributed by atoms with Crippen LogP contribution >= 0.6 is 11.3 Å². The molecular formula is C12H13N3O2S. The number of hydrogen-bond acceptors (Lipinski definition) is 5. The van der Waals surface area contributed by atoms with Crippen LogP contribution in [0.1, 0.15) is 10.4 Å². The van der Waals surface area contributed by atoms with Gasteiger partial charge in [0.15, 0.2) is 0 Å². The van der Waals surface area contributed by atoms with Gasteiger partial charge in [0, 0.05) is 35.3 Å². The minimum absolute atomic E-state index is 0.0981. The van der Waals surface area contributed by atoms with Gasteiger partial charge in [0.05, 0.1) is 4.92 Å². The minimum Gasteiger partial charge on any atom is -0.315 e. The lowest BCUT2D eigenvalue weighted by Gasteiger charge is -2.01. The average molecular weight is 263 g/mol. The molecular weight excluding hydrogens is 250 g/mol. The molecule has 0 atom stereocenters. The second kappa shape index (κ2) is 5.24. The van der Waals surface area contributed by atoms with Gasteiger partial charge in [-0.05, 0) is 19.5 Å². The second-order valence-corrected chi connectivity index (χ2v) is 5.03. The van der Waals surface area contributed by atoms with Crippen molar-refractivity contribution in [2.75, 3.05) is 7.05 Å². The van der Waals surface area contributed by atoms with E-state index in [9.17, 15) is 10.1 Å². The van der Waals surface area contributed by atoms with E-state index in [0.717, 1.165) is 27.6 Å². The molecule has 1 N–H and O–H groups in total. The molecule has 0 spiro atoms. The molecule has 6 heteroatoms. The number of aryl methyl sites for hydroxylation is 1. The van der Waals surface area contributed by atoms with Crippen LogP contribution < -0.4 is 5.32 Å². The molecule has 0 saturated carbocycles. The maximum absolute atomic E-state index is 10.8. The normalized spacial score (nSPS) is 10.6. The summed E-state index contributed by atoms with van der Waals surface area (Å²) in [7, 11) is 1.87. The average Bonchev–Trinajstić information content (AvgIpc) is 2.78. The summed E-state index contributed by atoms with van der Waals surface area (Å²) >= 11 is 1.55. The highest BCUT2D eigenvalue weighted by atomic mass is 32.1. The Morgan fingerprint density at radius 3 is 2.94 bits per heavy atom. The summed E-state index contributed by atoms with van der Waals surface area (Å²) in [6.45, 7) is 2.68. The van der Waals surface area contributed by atoms with Gasteiger partial charge in [-0.3, -0.25) is 10.1 Å². The van der Waals surface area contributed by atoms with E-state index in [2.05, 4.69) is 10.3 Å². The van der Waals surface area contributed by atoms with E-state index >= 15 is 0 Å². The zero-order valence-electron chi connectivity index (χ0n) is 10.1. The largest absolute Gasteiger partial charge is 0.315 e. The predicted octanol–water partition coefficient (Wildman–Crippen LogP) is 2.75. The Kier molecular flexibility index (Phi) is 3.69. The number of benzene rings is 1. The molecule has 18 heavy (non-hydrogen) atoms. The van der Waals surface area contributed by atoms with Gasteiger partial charge in [-0.1, -0.05) is 6.07 Å². The lowest BCUT2D eigenvalue weighted by molar-refractivity contribution is -0.384. The summed E-state index contributed by atoms with van der Waals surface area (Å²) < 4.78 is 0. The first-order valence-corrected chi connectivity index (χ1v) is 6.28. The van der Waals surface area contributed by atoms with Crippen LogP contribution in [0.3, 0.4) is 0 Å². The zero-order valence-corrected chi connectivity index (χ0v) is 11.0. The van der Waals surface area contributed by atoms with Crippen LogP contribution in [-0.2, 0) is 6.54 Å². The fourth-order valence-electron chi connectivity index (χ4n) is 1.64. The number of nitrogens with zero attached hydrogens (tertiary/aromatic N) is 2. The van der Waals surface area contributed by atoms with E-state index in [-0.39, 0.29) is 10.6 Å². The molecule has 5 nitrogen and oxygen atoms in total. The van der Waals surface area contributed by atoms with Gasteiger partial charge >= 0.3 is 0 Å². The van der Waals surface area contributed by atoms with Crippen LogP contribution in [0.15, 0.2) is 24.4 Å². The van der Waals surface area contributed by atoms with Crippen LogP contribution in [0, 0.1) is 17.0 Å². The van der Waals surface area contributed by atoms with Crippen LogP contribution in [0.4, 0.5) is 5.69 Å². The summed E-state index contributed by atoms with van der Waals surface area (Å²) in [6.07, 6.45) is 1.80. The third kappa shape index (κ3) is 2.55. The summed E-state index contributed by atoms with van der Waals surface area (Å²) in [5.41, 5.74) is 1.92. The number of nitro benzene ring substituents is 1. The number of hydrogen-bond donors (Lipinski definition) is 1. The van der Waals surface area contributed by atoms with E-state index in [1.54, 1.807) is 29.7 Å². The SMILES string of the molecule is CNCc1cnc(-c2cc([N+](=O)[O-])ccc2C)s1. The number of nitro groups is 1. The molecule has 2 rings (SSSR count). The Bertz CT molecular complexity index is 580. The predicted molar refractivity (Wildman–Crippen MR) is 71.7 cm³/mol. The van der Waals surface area contributed by atoms with Gasteiger partial charge in [0.25, 0.3) is 5.69 Å². The molecule has 0 amide bonds. The Balaban J connectivity index is 2.41. The van der Waals surface area contributed by atoms with Crippen molar-refractivity contribution in [3.63, 3.8) is 0 Å². The molecule has 94 valence electrons. The van der Waals surface area contributed by atoms with E-state index < -0.39 is 0 Å². The van der Waals surface area contributed by atoms with Crippen molar-refractivity contribution in [1.29, 1.82) is 0 Å². The Morgan fingerprint density at radius 1 is 1.50 bits per heavy atom. The molecule has 0 aliphatic carbocycles. The number of nitrogens with one attached hydrogen (secondary N) is 1. The molecule has 0 aliphatic rings. The minimum atomic E-state index is -0.384. The van der Waals surface area contributed by atoms with Crippen molar-refractivity contribution in [3.05, 3.63) is 45.0 Å². The van der Waals surface area contributed by atoms with Crippen molar-refractivity contribution in [3.8, 4) is 10.6 Å². The molecule has 0 bridgehead atoms. The van der Waals surface area contributed by atoms with E-state index in [1.807, 2.05) is 14.0 Å². The number of aromatic nitrogens is 1. The van der Waals surface area contributed by atoms with Gasteiger partial charge in [-0.15, -0.1) is 11.3 Å². The molecule has 2 aromatic rings. The highest BCUT2D eigenvalue weighted by Gasteiger charge is 2.12.